The average molecular weight is 571 g/mol. The molecule has 8 heteroatoms. The van der Waals surface area contributed by atoms with Gasteiger partial charge in [-0.2, -0.15) is 0 Å². The van der Waals surface area contributed by atoms with Gasteiger partial charge in [-0.05, 0) is 100.0 Å². The second-order valence-electron chi connectivity index (χ2n) is 11.1. The summed E-state index contributed by atoms with van der Waals surface area (Å²) in [6.07, 6.45) is 12.0. The van der Waals surface area contributed by atoms with Crippen molar-refractivity contribution in [3.05, 3.63) is 63.6 Å². The Morgan fingerprint density at radius 3 is 2.28 bits per heavy atom. The number of likely N-dealkylation sites (tertiary alicyclic amines) is 2. The summed E-state index contributed by atoms with van der Waals surface area (Å²) in [5.74, 6) is 0.908. The van der Waals surface area contributed by atoms with Crippen molar-refractivity contribution in [1.29, 1.82) is 0 Å². The molecule has 2 aromatic rings. The van der Waals surface area contributed by atoms with Gasteiger partial charge in [0.2, 0.25) is 0 Å². The van der Waals surface area contributed by atoms with Crippen molar-refractivity contribution in [3.8, 4) is 0 Å². The van der Waals surface area contributed by atoms with E-state index in [0.29, 0.717) is 40.7 Å². The molecule has 2 N–H and O–H groups in total. The summed E-state index contributed by atoms with van der Waals surface area (Å²) in [6, 6.07) is 14.3. The van der Waals surface area contributed by atoms with Gasteiger partial charge in [0.1, 0.15) is 0 Å². The third-order valence-corrected chi connectivity index (χ3v) is 8.99. The van der Waals surface area contributed by atoms with Crippen molar-refractivity contribution >= 4 is 40.8 Å². The Balaban J connectivity index is 1.18. The molecule has 0 radical (unpaired) electrons. The van der Waals surface area contributed by atoms with E-state index in [1.165, 1.54) is 70.9 Å². The number of nitrogens with zero attached hydrogens (tertiary/aromatic N) is 3. The highest BCUT2D eigenvalue weighted by Gasteiger charge is 2.28. The first-order valence-corrected chi connectivity index (χ1v) is 15.5. The Bertz CT molecular complexity index is 1120. The quantitative estimate of drug-likeness (QED) is 0.290. The van der Waals surface area contributed by atoms with E-state index in [0.717, 1.165) is 30.3 Å². The number of piperidine rings is 1. The lowest BCUT2D eigenvalue weighted by Gasteiger charge is -2.38. The van der Waals surface area contributed by atoms with E-state index in [-0.39, 0.29) is 5.91 Å². The number of hydrogen-bond donors (Lipinski definition) is 2. The minimum absolute atomic E-state index is 0.0910. The van der Waals surface area contributed by atoms with Gasteiger partial charge < -0.3 is 20.4 Å². The van der Waals surface area contributed by atoms with Crippen LogP contribution >= 0.6 is 23.2 Å². The van der Waals surface area contributed by atoms with Gasteiger partial charge >= 0.3 is 0 Å². The number of nitrogens with one attached hydrogen (secondary N) is 2. The molecule has 2 aliphatic heterocycles. The molecule has 5 rings (SSSR count). The number of rotatable bonds is 7. The molecule has 1 aliphatic carbocycles. The fourth-order valence-corrected chi connectivity index (χ4v) is 6.60. The lowest BCUT2D eigenvalue weighted by atomic mass is 9.96. The molecule has 0 unspecified atom stereocenters. The number of aliphatic imine (C=N–C) groups is 1. The van der Waals surface area contributed by atoms with Gasteiger partial charge in [-0.3, -0.25) is 4.79 Å². The predicted molar refractivity (Wildman–Crippen MR) is 162 cm³/mol. The Labute approximate surface area is 243 Å². The SMILES string of the molecule is O=C(NCCc1ccc(Cl)cc1Cl)c1ccc(NC(=NC2CCCCC2)N2CCC(N3CCCC3)CC2)cc1. The lowest BCUT2D eigenvalue weighted by Crippen LogP contribution is -2.48. The predicted octanol–water partition coefficient (Wildman–Crippen LogP) is 6.63. The molecule has 210 valence electrons. The molecule has 1 amide bonds. The smallest absolute Gasteiger partial charge is 0.251 e. The zero-order valence-electron chi connectivity index (χ0n) is 22.8. The maximum atomic E-state index is 12.7. The Hall–Kier alpha value is -2.28. The highest BCUT2D eigenvalue weighted by atomic mass is 35.5. The van der Waals surface area contributed by atoms with E-state index in [2.05, 4.69) is 20.4 Å². The molecule has 0 atom stereocenters. The van der Waals surface area contributed by atoms with Crippen molar-refractivity contribution in [1.82, 2.24) is 15.1 Å². The summed E-state index contributed by atoms with van der Waals surface area (Å²) in [5.41, 5.74) is 2.57. The molecule has 1 saturated carbocycles. The van der Waals surface area contributed by atoms with E-state index in [4.69, 9.17) is 28.2 Å². The van der Waals surface area contributed by atoms with E-state index in [9.17, 15) is 4.79 Å². The van der Waals surface area contributed by atoms with Crippen LogP contribution in [0.3, 0.4) is 0 Å². The highest BCUT2D eigenvalue weighted by molar-refractivity contribution is 6.35. The number of carbonyl (C=O) groups excluding carboxylic acids is 1. The second-order valence-corrected chi connectivity index (χ2v) is 12.0. The molecule has 0 bridgehead atoms. The molecule has 2 heterocycles. The van der Waals surface area contributed by atoms with Crippen LogP contribution in [0.4, 0.5) is 5.69 Å². The third-order valence-electron chi connectivity index (χ3n) is 8.40. The van der Waals surface area contributed by atoms with E-state index >= 15 is 0 Å². The van der Waals surface area contributed by atoms with Crippen molar-refractivity contribution in [3.63, 3.8) is 0 Å². The number of guanidine groups is 1. The first-order chi connectivity index (χ1) is 19.0. The van der Waals surface area contributed by atoms with Gasteiger partial charge in [0.05, 0.1) is 6.04 Å². The maximum Gasteiger partial charge on any atom is 0.251 e. The van der Waals surface area contributed by atoms with Crippen molar-refractivity contribution in [2.24, 2.45) is 4.99 Å². The van der Waals surface area contributed by atoms with Crippen LogP contribution in [0.1, 0.15) is 73.7 Å². The van der Waals surface area contributed by atoms with Gasteiger partial charge in [-0.25, -0.2) is 4.99 Å². The summed E-state index contributed by atoms with van der Waals surface area (Å²) in [4.78, 5) is 23.1. The highest BCUT2D eigenvalue weighted by Crippen LogP contribution is 2.25. The fraction of sp³-hybridized carbons (Fsp3) is 0.548. The van der Waals surface area contributed by atoms with Crippen LogP contribution in [0.15, 0.2) is 47.5 Å². The van der Waals surface area contributed by atoms with Crippen LogP contribution in [0.25, 0.3) is 0 Å². The van der Waals surface area contributed by atoms with Gasteiger partial charge in [0.15, 0.2) is 5.96 Å². The first kappa shape index (κ1) is 28.3. The second kappa shape index (κ2) is 13.9. The molecule has 2 aromatic carbocycles. The number of anilines is 1. The van der Waals surface area contributed by atoms with Gasteiger partial charge in [0, 0.05) is 47.0 Å². The Kier molecular flexibility index (Phi) is 10.0. The summed E-state index contributed by atoms with van der Waals surface area (Å²) >= 11 is 12.2. The molecular formula is C31H41Cl2N5O. The molecule has 39 heavy (non-hydrogen) atoms. The minimum Gasteiger partial charge on any atom is -0.352 e. The molecule has 3 aliphatic rings. The van der Waals surface area contributed by atoms with Crippen molar-refractivity contribution < 1.29 is 4.79 Å². The number of hydrogen-bond acceptors (Lipinski definition) is 3. The van der Waals surface area contributed by atoms with Crippen LogP contribution in [0.2, 0.25) is 10.0 Å². The maximum absolute atomic E-state index is 12.7. The van der Waals surface area contributed by atoms with Crippen LogP contribution in [0.5, 0.6) is 0 Å². The number of benzene rings is 2. The molecular weight excluding hydrogens is 529 g/mol. The molecule has 0 aromatic heterocycles. The standard InChI is InChI=1S/C31H41Cl2N5O/c32-25-11-8-23(29(33)22-25)14-17-34-30(39)24-9-12-27(13-10-24)36-31(35-26-6-2-1-3-7-26)38-20-15-28(16-21-38)37-18-4-5-19-37/h8-13,22,26,28H,1-7,14-21H2,(H,34,39)(H,35,36). The van der Waals surface area contributed by atoms with Crippen LogP contribution < -0.4 is 10.6 Å². The average Bonchev–Trinajstić information content (AvgIpc) is 3.50. The zero-order valence-corrected chi connectivity index (χ0v) is 24.3. The number of halogens is 2. The van der Waals surface area contributed by atoms with E-state index in [1.807, 2.05) is 36.4 Å². The normalized spacial score (nSPS) is 19.8. The van der Waals surface area contributed by atoms with Gasteiger partial charge in [0.25, 0.3) is 5.91 Å². The van der Waals surface area contributed by atoms with Crippen LogP contribution in [0, 0.1) is 0 Å². The monoisotopic (exact) mass is 569 g/mol. The summed E-state index contributed by atoms with van der Waals surface area (Å²) in [7, 11) is 0. The van der Waals surface area contributed by atoms with E-state index < -0.39 is 0 Å². The Morgan fingerprint density at radius 1 is 0.872 bits per heavy atom. The zero-order chi connectivity index (χ0) is 27.0. The number of carbonyl (C=O) groups is 1. The Morgan fingerprint density at radius 2 is 1.59 bits per heavy atom. The summed E-state index contributed by atoms with van der Waals surface area (Å²) < 4.78 is 0. The van der Waals surface area contributed by atoms with Crippen LogP contribution in [-0.2, 0) is 6.42 Å². The molecule has 2 saturated heterocycles. The summed E-state index contributed by atoms with van der Waals surface area (Å²) in [6.45, 7) is 5.11. The summed E-state index contributed by atoms with van der Waals surface area (Å²) in [5, 5.41) is 7.86. The largest absolute Gasteiger partial charge is 0.352 e. The lowest BCUT2D eigenvalue weighted by molar-refractivity contribution is 0.0954. The van der Waals surface area contributed by atoms with Crippen molar-refractivity contribution in [2.75, 3.05) is 38.0 Å². The first-order valence-electron chi connectivity index (χ1n) is 14.7. The van der Waals surface area contributed by atoms with E-state index in [1.54, 1.807) is 6.07 Å². The molecule has 0 spiro atoms. The number of amides is 1. The van der Waals surface area contributed by atoms with Gasteiger partial charge in [-0.1, -0.05) is 48.5 Å². The third kappa shape index (κ3) is 7.90. The van der Waals surface area contributed by atoms with Gasteiger partial charge in [-0.15, -0.1) is 0 Å². The minimum atomic E-state index is -0.0910. The topological polar surface area (TPSA) is 60.0 Å². The van der Waals surface area contributed by atoms with Crippen LogP contribution in [-0.4, -0.2) is 66.5 Å². The fourth-order valence-electron chi connectivity index (χ4n) is 6.10. The molecule has 6 nitrogen and oxygen atoms in total. The molecule has 3 fully saturated rings. The van der Waals surface area contributed by atoms with Crippen molar-refractivity contribution in [2.45, 2.75) is 76.3 Å².